The van der Waals surface area contributed by atoms with Crippen LogP contribution in [-0.4, -0.2) is 28.4 Å². The third-order valence-corrected chi connectivity index (χ3v) is 4.75. The molecule has 0 bridgehead atoms. The lowest BCUT2D eigenvalue weighted by molar-refractivity contribution is 0.624. The second kappa shape index (κ2) is 10.2. The van der Waals surface area contributed by atoms with E-state index in [-0.39, 0.29) is 0 Å². The maximum absolute atomic E-state index is 4.34. The SMILES string of the molecule is CCCCCCCC.CN1CCCc2cc(-c3ncn(C)n3)ccc21. The largest absolute Gasteiger partial charge is 0.374 e. The molecule has 0 amide bonds. The molecule has 4 heteroatoms. The van der Waals surface area contributed by atoms with Crippen LogP contribution in [0.2, 0.25) is 0 Å². The van der Waals surface area contributed by atoms with Gasteiger partial charge in [-0.1, -0.05) is 52.4 Å². The summed E-state index contributed by atoms with van der Waals surface area (Å²) in [5.74, 6) is 0.809. The molecule has 0 saturated carbocycles. The van der Waals surface area contributed by atoms with Crippen molar-refractivity contribution in [3.8, 4) is 11.4 Å². The van der Waals surface area contributed by atoms with Crippen molar-refractivity contribution in [3.05, 3.63) is 30.1 Å². The Labute approximate surface area is 153 Å². The summed E-state index contributed by atoms with van der Waals surface area (Å²) in [7, 11) is 4.04. The Bertz CT molecular complexity index is 627. The van der Waals surface area contributed by atoms with Crippen LogP contribution in [0.5, 0.6) is 0 Å². The highest BCUT2D eigenvalue weighted by molar-refractivity contribution is 5.65. The van der Waals surface area contributed by atoms with Crippen LogP contribution in [0.15, 0.2) is 24.5 Å². The van der Waals surface area contributed by atoms with Crippen molar-refractivity contribution in [1.29, 1.82) is 0 Å². The minimum absolute atomic E-state index is 0.809. The topological polar surface area (TPSA) is 34.0 Å². The normalized spacial score (nSPS) is 13.2. The van der Waals surface area contributed by atoms with Crippen LogP contribution in [0, 0.1) is 0 Å². The van der Waals surface area contributed by atoms with E-state index in [9.17, 15) is 0 Å². The molecule has 0 spiro atoms. The van der Waals surface area contributed by atoms with Gasteiger partial charge in [0, 0.05) is 31.9 Å². The molecule has 1 aromatic heterocycles. The van der Waals surface area contributed by atoms with Gasteiger partial charge in [0.15, 0.2) is 5.82 Å². The summed E-state index contributed by atoms with van der Waals surface area (Å²) in [5.41, 5.74) is 3.86. The Kier molecular flexibility index (Phi) is 7.96. The van der Waals surface area contributed by atoms with E-state index in [0.717, 1.165) is 24.4 Å². The number of anilines is 1. The first-order valence-electron chi connectivity index (χ1n) is 9.85. The summed E-state index contributed by atoms with van der Waals surface area (Å²) >= 11 is 0. The van der Waals surface area contributed by atoms with Gasteiger partial charge in [-0.2, -0.15) is 5.10 Å². The number of hydrogen-bond acceptors (Lipinski definition) is 3. The van der Waals surface area contributed by atoms with E-state index in [1.54, 1.807) is 11.0 Å². The second-order valence-corrected chi connectivity index (χ2v) is 7.02. The van der Waals surface area contributed by atoms with E-state index < -0.39 is 0 Å². The van der Waals surface area contributed by atoms with Crippen LogP contribution in [0.1, 0.15) is 64.4 Å². The van der Waals surface area contributed by atoms with E-state index in [1.807, 2.05) is 7.05 Å². The van der Waals surface area contributed by atoms with Gasteiger partial charge in [-0.05, 0) is 36.6 Å². The zero-order valence-corrected chi connectivity index (χ0v) is 16.5. The quantitative estimate of drug-likeness (QED) is 0.674. The van der Waals surface area contributed by atoms with Gasteiger partial charge >= 0.3 is 0 Å². The molecule has 0 aliphatic carbocycles. The Morgan fingerprint density at radius 1 is 1.00 bits per heavy atom. The Hall–Kier alpha value is -1.84. The fourth-order valence-electron chi connectivity index (χ4n) is 3.25. The molecule has 0 fully saturated rings. The highest BCUT2D eigenvalue weighted by Gasteiger charge is 2.15. The van der Waals surface area contributed by atoms with Crippen molar-refractivity contribution in [2.45, 2.75) is 65.2 Å². The number of rotatable bonds is 6. The number of unbranched alkanes of at least 4 members (excludes halogenated alkanes) is 5. The predicted octanol–water partition coefficient (Wildman–Crippen LogP) is 5.23. The summed E-state index contributed by atoms with van der Waals surface area (Å²) in [5, 5.41) is 4.34. The van der Waals surface area contributed by atoms with Crippen LogP contribution >= 0.6 is 0 Å². The van der Waals surface area contributed by atoms with Gasteiger partial charge in [-0.25, -0.2) is 4.98 Å². The molecule has 1 aliphatic rings. The molecule has 0 unspecified atom stereocenters. The maximum Gasteiger partial charge on any atom is 0.181 e. The molecule has 0 saturated heterocycles. The van der Waals surface area contributed by atoms with Crippen LogP contribution in [0.25, 0.3) is 11.4 Å². The van der Waals surface area contributed by atoms with Crippen LogP contribution < -0.4 is 4.90 Å². The van der Waals surface area contributed by atoms with Gasteiger partial charge < -0.3 is 4.90 Å². The zero-order chi connectivity index (χ0) is 18.1. The molecule has 0 radical (unpaired) electrons. The molecule has 1 aromatic carbocycles. The number of nitrogens with zero attached hydrogens (tertiary/aromatic N) is 4. The highest BCUT2D eigenvalue weighted by atomic mass is 15.3. The summed E-state index contributed by atoms with van der Waals surface area (Å²) in [4.78, 5) is 6.61. The third-order valence-electron chi connectivity index (χ3n) is 4.75. The summed E-state index contributed by atoms with van der Waals surface area (Å²) < 4.78 is 1.74. The van der Waals surface area contributed by atoms with E-state index >= 15 is 0 Å². The standard InChI is InChI=1S/C13H16N4.C8H18/c1-16-7-3-4-10-8-11(5-6-12(10)16)13-14-9-17(2)15-13;1-3-5-7-8-6-4-2/h5-6,8-9H,3-4,7H2,1-2H3;3-8H2,1-2H3. The third kappa shape index (κ3) is 5.87. The second-order valence-electron chi connectivity index (χ2n) is 7.02. The lowest BCUT2D eigenvalue weighted by atomic mass is 9.99. The smallest absolute Gasteiger partial charge is 0.181 e. The Balaban J connectivity index is 0.000000242. The molecule has 3 rings (SSSR count). The van der Waals surface area contributed by atoms with Gasteiger partial charge in [0.2, 0.25) is 0 Å². The lowest BCUT2D eigenvalue weighted by Crippen LogP contribution is -2.24. The Morgan fingerprint density at radius 3 is 2.32 bits per heavy atom. The average Bonchev–Trinajstić information content (AvgIpc) is 3.06. The molecule has 25 heavy (non-hydrogen) atoms. The molecule has 4 nitrogen and oxygen atoms in total. The van der Waals surface area contributed by atoms with Gasteiger partial charge in [0.05, 0.1) is 0 Å². The first-order valence-corrected chi connectivity index (χ1v) is 9.85. The first kappa shape index (κ1) is 19.5. The fourth-order valence-corrected chi connectivity index (χ4v) is 3.25. The Morgan fingerprint density at radius 2 is 1.72 bits per heavy atom. The lowest BCUT2D eigenvalue weighted by Gasteiger charge is -2.27. The zero-order valence-electron chi connectivity index (χ0n) is 16.5. The van der Waals surface area contributed by atoms with Crippen LogP contribution in [0.4, 0.5) is 5.69 Å². The predicted molar refractivity (Wildman–Crippen MR) is 107 cm³/mol. The van der Waals surface area contributed by atoms with Gasteiger partial charge in [-0.15, -0.1) is 0 Å². The molecule has 138 valence electrons. The van der Waals surface area contributed by atoms with E-state index in [0.29, 0.717) is 0 Å². The number of benzene rings is 1. The fraction of sp³-hybridized carbons (Fsp3) is 0.619. The average molecular weight is 343 g/mol. The number of aromatic nitrogens is 3. The summed E-state index contributed by atoms with van der Waals surface area (Å²) in [6.07, 6.45) is 12.6. The number of fused-ring (bicyclic) bond motifs is 1. The van der Waals surface area contributed by atoms with Gasteiger partial charge in [0.1, 0.15) is 6.33 Å². The summed E-state index contributed by atoms with van der Waals surface area (Å²) in [6.45, 7) is 5.66. The van der Waals surface area contributed by atoms with Crippen molar-refractivity contribution in [3.63, 3.8) is 0 Å². The van der Waals surface area contributed by atoms with Gasteiger partial charge in [-0.3, -0.25) is 4.68 Å². The van der Waals surface area contributed by atoms with Crippen molar-refractivity contribution < 1.29 is 0 Å². The van der Waals surface area contributed by atoms with E-state index in [4.69, 9.17) is 0 Å². The van der Waals surface area contributed by atoms with Crippen LogP contribution in [0.3, 0.4) is 0 Å². The van der Waals surface area contributed by atoms with Crippen molar-refractivity contribution in [1.82, 2.24) is 14.8 Å². The van der Waals surface area contributed by atoms with E-state index in [1.165, 1.54) is 56.2 Å². The van der Waals surface area contributed by atoms with Gasteiger partial charge in [0.25, 0.3) is 0 Å². The molecular weight excluding hydrogens is 308 g/mol. The monoisotopic (exact) mass is 342 g/mol. The maximum atomic E-state index is 4.34. The number of hydrogen-bond donors (Lipinski definition) is 0. The van der Waals surface area contributed by atoms with Crippen LogP contribution in [-0.2, 0) is 13.5 Å². The minimum Gasteiger partial charge on any atom is -0.374 e. The van der Waals surface area contributed by atoms with Crippen molar-refractivity contribution in [2.75, 3.05) is 18.5 Å². The first-order chi connectivity index (χ1) is 12.2. The molecule has 0 atom stereocenters. The molecule has 0 N–H and O–H groups in total. The van der Waals surface area contributed by atoms with Crippen molar-refractivity contribution >= 4 is 5.69 Å². The highest BCUT2D eigenvalue weighted by Crippen LogP contribution is 2.29. The number of aryl methyl sites for hydroxylation is 2. The van der Waals surface area contributed by atoms with E-state index in [2.05, 4.69) is 54.1 Å². The van der Waals surface area contributed by atoms with Crippen molar-refractivity contribution in [2.24, 2.45) is 7.05 Å². The molecule has 2 heterocycles. The summed E-state index contributed by atoms with van der Waals surface area (Å²) in [6, 6.07) is 6.51. The minimum atomic E-state index is 0.809. The molecular formula is C21H34N4. The molecule has 2 aromatic rings. The molecule has 1 aliphatic heterocycles.